The van der Waals surface area contributed by atoms with E-state index in [1.807, 2.05) is 23.7 Å². The van der Waals surface area contributed by atoms with Crippen LogP contribution in [0.1, 0.15) is 18.5 Å². The van der Waals surface area contributed by atoms with Gasteiger partial charge in [-0.1, -0.05) is 30.3 Å². The van der Waals surface area contributed by atoms with E-state index < -0.39 is 6.04 Å². The fourth-order valence-corrected chi connectivity index (χ4v) is 1.05. The molecule has 0 spiro atoms. The Morgan fingerprint density at radius 3 is 2.42 bits per heavy atom. The monoisotopic (exact) mass is 165 g/mol. The molecule has 0 radical (unpaired) electrons. The van der Waals surface area contributed by atoms with Crippen molar-refractivity contribution >= 4 is 5.78 Å². The van der Waals surface area contributed by atoms with Crippen LogP contribution in [0.25, 0.3) is 0 Å². The van der Waals surface area contributed by atoms with Crippen LogP contribution < -0.4 is 5.48 Å². The normalized spacial score (nSPS) is 12.5. The third-order valence-corrected chi connectivity index (χ3v) is 1.67. The van der Waals surface area contributed by atoms with Crippen LogP contribution in [0.3, 0.4) is 0 Å². The van der Waals surface area contributed by atoms with Gasteiger partial charge in [-0.3, -0.25) is 4.79 Å². The van der Waals surface area contributed by atoms with Gasteiger partial charge in [-0.05, 0) is 12.5 Å². The molecule has 0 heterocycles. The van der Waals surface area contributed by atoms with Gasteiger partial charge < -0.3 is 5.21 Å². The first-order valence-electron chi connectivity index (χ1n) is 3.70. The Morgan fingerprint density at radius 2 is 2.00 bits per heavy atom. The van der Waals surface area contributed by atoms with Gasteiger partial charge >= 0.3 is 0 Å². The maximum Gasteiger partial charge on any atom is 0.153 e. The topological polar surface area (TPSA) is 49.3 Å². The predicted octanol–water partition coefficient (Wildman–Crippen LogP) is 1.30. The predicted molar refractivity (Wildman–Crippen MR) is 44.8 cm³/mol. The first-order chi connectivity index (χ1) is 5.75. The maximum atomic E-state index is 11.0. The molecule has 1 atom stereocenters. The number of nitrogens with one attached hydrogen (secondary N) is 1. The van der Waals surface area contributed by atoms with E-state index in [9.17, 15) is 4.79 Å². The van der Waals surface area contributed by atoms with E-state index in [1.165, 1.54) is 6.92 Å². The van der Waals surface area contributed by atoms with Crippen LogP contribution in [-0.4, -0.2) is 11.0 Å². The molecule has 2 N–H and O–H groups in total. The second-order valence-corrected chi connectivity index (χ2v) is 2.58. The van der Waals surface area contributed by atoms with Crippen LogP contribution in [-0.2, 0) is 4.79 Å². The summed E-state index contributed by atoms with van der Waals surface area (Å²) in [4.78, 5) is 11.0. The average Bonchev–Trinajstić information content (AvgIpc) is 2.07. The molecule has 0 bridgehead atoms. The Hall–Kier alpha value is -1.19. The third kappa shape index (κ3) is 1.90. The van der Waals surface area contributed by atoms with Gasteiger partial charge in [-0.25, -0.2) is 0 Å². The van der Waals surface area contributed by atoms with Crippen molar-refractivity contribution in [2.45, 2.75) is 13.0 Å². The summed E-state index contributed by atoms with van der Waals surface area (Å²) in [6, 6.07) is 8.47. The van der Waals surface area contributed by atoms with Crippen molar-refractivity contribution in [3.05, 3.63) is 35.9 Å². The molecule has 0 fully saturated rings. The summed E-state index contributed by atoms with van der Waals surface area (Å²) >= 11 is 0. The molecule has 3 nitrogen and oxygen atoms in total. The molecule has 0 aliphatic rings. The van der Waals surface area contributed by atoms with Crippen molar-refractivity contribution in [2.75, 3.05) is 0 Å². The summed E-state index contributed by atoms with van der Waals surface area (Å²) in [5.74, 6) is -0.108. The minimum Gasteiger partial charge on any atom is -0.316 e. The number of carbonyl (C=O) groups excluding carboxylic acids is 1. The average molecular weight is 165 g/mol. The Morgan fingerprint density at radius 1 is 1.42 bits per heavy atom. The van der Waals surface area contributed by atoms with E-state index in [0.29, 0.717) is 0 Å². The summed E-state index contributed by atoms with van der Waals surface area (Å²) in [5.41, 5.74) is 2.74. The van der Waals surface area contributed by atoms with Gasteiger partial charge in [0.25, 0.3) is 0 Å². The van der Waals surface area contributed by atoms with E-state index in [1.54, 1.807) is 12.1 Å². The number of carbonyl (C=O) groups is 1. The standard InChI is InChI=1S/C9H11NO2/c1-7(11)9(10-12)8-5-3-2-4-6-8/h2-6,9-10,12H,1H3. The van der Waals surface area contributed by atoms with E-state index in [4.69, 9.17) is 5.21 Å². The van der Waals surface area contributed by atoms with Gasteiger partial charge in [0.05, 0.1) is 0 Å². The second kappa shape index (κ2) is 3.99. The van der Waals surface area contributed by atoms with Gasteiger partial charge in [-0.2, -0.15) is 5.48 Å². The van der Waals surface area contributed by atoms with Gasteiger partial charge in [0.15, 0.2) is 5.78 Å². The van der Waals surface area contributed by atoms with Gasteiger partial charge in [0.1, 0.15) is 6.04 Å². The second-order valence-electron chi connectivity index (χ2n) is 2.58. The van der Waals surface area contributed by atoms with Gasteiger partial charge in [0, 0.05) is 0 Å². The highest BCUT2D eigenvalue weighted by molar-refractivity contribution is 5.82. The Bertz CT molecular complexity index is 258. The lowest BCUT2D eigenvalue weighted by Gasteiger charge is -2.10. The Balaban J connectivity index is 2.88. The number of hydrogen-bond acceptors (Lipinski definition) is 3. The highest BCUT2D eigenvalue weighted by atomic mass is 16.5. The smallest absolute Gasteiger partial charge is 0.153 e. The lowest BCUT2D eigenvalue weighted by Crippen LogP contribution is -2.23. The van der Waals surface area contributed by atoms with E-state index in [0.717, 1.165) is 5.56 Å². The first-order valence-corrected chi connectivity index (χ1v) is 3.70. The molecule has 0 amide bonds. The number of rotatable bonds is 3. The van der Waals surface area contributed by atoms with E-state index in [2.05, 4.69) is 0 Å². The van der Waals surface area contributed by atoms with Crippen LogP contribution in [0.15, 0.2) is 30.3 Å². The minimum atomic E-state index is -0.605. The van der Waals surface area contributed by atoms with Crippen molar-refractivity contribution in [1.82, 2.24) is 5.48 Å². The number of Topliss-reactive ketones (excluding diaryl/α,β-unsaturated/α-hetero) is 1. The fraction of sp³-hybridized carbons (Fsp3) is 0.222. The zero-order chi connectivity index (χ0) is 8.97. The highest BCUT2D eigenvalue weighted by Crippen LogP contribution is 2.11. The summed E-state index contributed by atoms with van der Waals surface area (Å²) < 4.78 is 0. The number of hydroxylamine groups is 1. The Kier molecular flexibility index (Phi) is 2.96. The third-order valence-electron chi connectivity index (χ3n) is 1.67. The molecule has 0 aliphatic carbocycles. The number of benzene rings is 1. The fourth-order valence-electron chi connectivity index (χ4n) is 1.05. The van der Waals surface area contributed by atoms with Crippen LogP contribution in [0.4, 0.5) is 0 Å². The van der Waals surface area contributed by atoms with Crippen LogP contribution in [0.5, 0.6) is 0 Å². The van der Waals surface area contributed by atoms with Crippen molar-refractivity contribution in [2.24, 2.45) is 0 Å². The summed E-state index contributed by atoms with van der Waals surface area (Å²) in [7, 11) is 0. The molecule has 1 aromatic carbocycles. The highest BCUT2D eigenvalue weighted by Gasteiger charge is 2.13. The minimum absolute atomic E-state index is 0.108. The quantitative estimate of drug-likeness (QED) is 0.663. The van der Waals surface area contributed by atoms with Crippen molar-refractivity contribution < 1.29 is 10.0 Å². The van der Waals surface area contributed by atoms with E-state index >= 15 is 0 Å². The van der Waals surface area contributed by atoms with Crippen LogP contribution >= 0.6 is 0 Å². The summed E-state index contributed by atoms with van der Waals surface area (Å²) in [6.07, 6.45) is 0. The van der Waals surface area contributed by atoms with Gasteiger partial charge in [-0.15, -0.1) is 0 Å². The van der Waals surface area contributed by atoms with Crippen molar-refractivity contribution in [1.29, 1.82) is 0 Å². The molecule has 0 saturated carbocycles. The van der Waals surface area contributed by atoms with E-state index in [-0.39, 0.29) is 5.78 Å². The number of ketones is 1. The zero-order valence-corrected chi connectivity index (χ0v) is 6.82. The van der Waals surface area contributed by atoms with Crippen LogP contribution in [0.2, 0.25) is 0 Å². The molecular weight excluding hydrogens is 154 g/mol. The number of hydrogen-bond donors (Lipinski definition) is 2. The molecule has 12 heavy (non-hydrogen) atoms. The molecule has 64 valence electrons. The molecule has 1 rings (SSSR count). The maximum absolute atomic E-state index is 11.0. The lowest BCUT2D eigenvalue weighted by molar-refractivity contribution is -0.121. The SMILES string of the molecule is CC(=O)C(NO)c1ccccc1. The van der Waals surface area contributed by atoms with Gasteiger partial charge in [0.2, 0.25) is 0 Å². The van der Waals surface area contributed by atoms with Crippen molar-refractivity contribution in [3.8, 4) is 0 Å². The largest absolute Gasteiger partial charge is 0.316 e. The zero-order valence-electron chi connectivity index (χ0n) is 6.82. The molecule has 3 heteroatoms. The molecule has 0 aromatic heterocycles. The molecular formula is C9H11NO2. The Labute approximate surface area is 71.0 Å². The molecule has 0 saturated heterocycles. The van der Waals surface area contributed by atoms with Crippen LogP contribution in [0, 0.1) is 0 Å². The summed E-state index contributed by atoms with van der Waals surface area (Å²) in [6.45, 7) is 1.43. The summed E-state index contributed by atoms with van der Waals surface area (Å²) in [5, 5.41) is 8.68. The first kappa shape index (κ1) is 8.90. The molecule has 0 aliphatic heterocycles. The molecule has 1 aromatic rings. The lowest BCUT2D eigenvalue weighted by atomic mass is 10.1. The molecule has 1 unspecified atom stereocenters. The van der Waals surface area contributed by atoms with Crippen molar-refractivity contribution in [3.63, 3.8) is 0 Å².